The number of rotatable bonds is 1. The third kappa shape index (κ3) is 2.22. The Bertz CT molecular complexity index is 143. The number of nitrogens with one attached hydrogen (secondary N) is 1. The highest BCUT2D eigenvalue weighted by Crippen LogP contribution is 2.14. The highest BCUT2D eigenvalue weighted by Gasteiger charge is 2.21. The molecule has 0 spiro atoms. The Morgan fingerprint density at radius 1 is 1.55 bits per heavy atom. The van der Waals surface area contributed by atoms with Crippen molar-refractivity contribution in [2.24, 2.45) is 5.92 Å². The Kier molecular flexibility index (Phi) is 2.94. The molecule has 62 valence electrons. The predicted octanol–water partition coefficient (Wildman–Crippen LogP) is -1.01. The number of carbonyl (C=O) groups is 1. The number of hydrogen-bond donors (Lipinski definition) is 1. The lowest BCUT2D eigenvalue weighted by molar-refractivity contribution is -0.125. The molecule has 1 rings (SSSR count). The van der Waals surface area contributed by atoms with Gasteiger partial charge in [-0.15, -0.1) is 0 Å². The summed E-state index contributed by atoms with van der Waals surface area (Å²) in [6.45, 7) is 2.11. The third-order valence-corrected chi connectivity index (χ3v) is 2.34. The summed E-state index contributed by atoms with van der Waals surface area (Å²) in [5.74, 6) is 0.467. The van der Waals surface area contributed by atoms with E-state index in [1.165, 1.54) is 0 Å². The van der Waals surface area contributed by atoms with E-state index >= 15 is 0 Å². The molecule has 3 nitrogen and oxygen atoms in total. The first kappa shape index (κ1) is 8.59. The molecule has 0 radical (unpaired) electrons. The molecule has 1 aliphatic rings. The van der Waals surface area contributed by atoms with Crippen LogP contribution in [0.25, 0.3) is 0 Å². The molecular formula is C7H15BN2O. The second-order valence-electron chi connectivity index (χ2n) is 3.19. The molecule has 1 saturated heterocycles. The van der Waals surface area contributed by atoms with E-state index in [1.807, 2.05) is 0 Å². The van der Waals surface area contributed by atoms with Crippen LogP contribution in [0.2, 0.25) is 0 Å². The van der Waals surface area contributed by atoms with Crippen LogP contribution >= 0.6 is 0 Å². The lowest BCUT2D eigenvalue weighted by Gasteiger charge is -2.27. The lowest BCUT2D eigenvalue weighted by Crippen LogP contribution is -2.38. The van der Waals surface area contributed by atoms with Gasteiger partial charge in [0.05, 0.1) is 0 Å². The monoisotopic (exact) mass is 154 g/mol. The van der Waals surface area contributed by atoms with E-state index in [9.17, 15) is 4.79 Å². The Labute approximate surface area is 68.6 Å². The van der Waals surface area contributed by atoms with Crippen molar-refractivity contribution in [1.29, 1.82) is 0 Å². The van der Waals surface area contributed by atoms with Gasteiger partial charge in [0.1, 0.15) is 0 Å². The van der Waals surface area contributed by atoms with Crippen molar-refractivity contribution in [2.45, 2.75) is 12.8 Å². The predicted molar refractivity (Wildman–Crippen MR) is 46.9 cm³/mol. The fourth-order valence-corrected chi connectivity index (χ4v) is 1.47. The molecule has 1 amide bonds. The largest absolute Gasteiger partial charge is 0.359 e. The second-order valence-corrected chi connectivity index (χ2v) is 3.19. The van der Waals surface area contributed by atoms with Crippen LogP contribution in [-0.4, -0.2) is 38.8 Å². The van der Waals surface area contributed by atoms with Crippen molar-refractivity contribution < 1.29 is 4.79 Å². The SMILES string of the molecule is BN1CCC(C(=O)NC)CC1. The summed E-state index contributed by atoms with van der Waals surface area (Å²) in [6.07, 6.45) is 2.02. The Morgan fingerprint density at radius 3 is 2.55 bits per heavy atom. The van der Waals surface area contributed by atoms with Gasteiger partial charge in [0.15, 0.2) is 7.98 Å². The van der Waals surface area contributed by atoms with Crippen molar-refractivity contribution >= 4 is 13.9 Å². The highest BCUT2D eigenvalue weighted by atomic mass is 16.1. The van der Waals surface area contributed by atoms with Gasteiger partial charge in [-0.3, -0.25) is 4.79 Å². The van der Waals surface area contributed by atoms with Gasteiger partial charge in [-0.2, -0.15) is 0 Å². The molecule has 0 saturated carbocycles. The first-order valence-corrected chi connectivity index (χ1v) is 4.14. The molecule has 0 bridgehead atoms. The fraction of sp³-hybridized carbons (Fsp3) is 0.857. The Hall–Kier alpha value is -0.505. The Morgan fingerprint density at radius 2 is 2.09 bits per heavy atom. The number of nitrogens with zero attached hydrogens (tertiary/aromatic N) is 1. The molecule has 1 heterocycles. The van der Waals surface area contributed by atoms with Crippen LogP contribution < -0.4 is 5.32 Å². The summed E-state index contributed by atoms with van der Waals surface area (Å²) in [5.41, 5.74) is 0. The standard InChI is InChI=1S/C7H15BN2O/c1-9-7(11)6-2-4-10(8)5-3-6/h6H,2-5,8H2,1H3,(H,9,11). The van der Waals surface area contributed by atoms with E-state index < -0.39 is 0 Å². The van der Waals surface area contributed by atoms with Gasteiger partial charge >= 0.3 is 0 Å². The number of amides is 1. The number of hydrogen-bond acceptors (Lipinski definition) is 2. The van der Waals surface area contributed by atoms with Crippen LogP contribution in [0.3, 0.4) is 0 Å². The molecule has 0 aromatic carbocycles. The average molecular weight is 154 g/mol. The molecule has 0 atom stereocenters. The van der Waals surface area contributed by atoms with Gasteiger partial charge in [0.2, 0.25) is 5.91 Å². The maximum Gasteiger partial charge on any atom is 0.222 e. The maximum absolute atomic E-state index is 11.1. The maximum atomic E-state index is 11.1. The molecule has 0 aromatic rings. The molecule has 1 aliphatic heterocycles. The zero-order chi connectivity index (χ0) is 8.27. The summed E-state index contributed by atoms with van der Waals surface area (Å²) in [7, 11) is 3.81. The minimum absolute atomic E-state index is 0.207. The summed E-state index contributed by atoms with van der Waals surface area (Å²) >= 11 is 0. The van der Waals surface area contributed by atoms with Gasteiger partial charge in [0.25, 0.3) is 0 Å². The number of carbonyl (C=O) groups excluding carboxylic acids is 1. The van der Waals surface area contributed by atoms with Gasteiger partial charge in [-0.05, 0) is 25.9 Å². The summed E-state index contributed by atoms with van der Waals surface area (Å²) in [5, 5.41) is 2.69. The summed E-state index contributed by atoms with van der Waals surface area (Å²) in [6, 6.07) is 0. The minimum Gasteiger partial charge on any atom is -0.359 e. The van der Waals surface area contributed by atoms with E-state index in [0.29, 0.717) is 0 Å². The quantitative estimate of drug-likeness (QED) is 0.491. The van der Waals surface area contributed by atoms with E-state index in [4.69, 9.17) is 0 Å². The van der Waals surface area contributed by atoms with Crippen LogP contribution in [0.15, 0.2) is 0 Å². The average Bonchev–Trinajstić information content (AvgIpc) is 2.05. The topological polar surface area (TPSA) is 32.3 Å². The molecule has 0 aromatic heterocycles. The van der Waals surface area contributed by atoms with Crippen molar-refractivity contribution in [3.63, 3.8) is 0 Å². The van der Waals surface area contributed by atoms with Gasteiger partial charge in [-0.25, -0.2) is 0 Å². The summed E-state index contributed by atoms with van der Waals surface area (Å²) < 4.78 is 0. The smallest absolute Gasteiger partial charge is 0.222 e. The molecular weight excluding hydrogens is 139 g/mol. The molecule has 0 unspecified atom stereocenters. The third-order valence-electron chi connectivity index (χ3n) is 2.34. The first-order chi connectivity index (χ1) is 5.24. The van der Waals surface area contributed by atoms with Gasteiger partial charge in [0, 0.05) is 13.0 Å². The Balaban J connectivity index is 2.33. The minimum atomic E-state index is 0.207. The summed E-state index contributed by atoms with van der Waals surface area (Å²) in [4.78, 5) is 13.4. The van der Waals surface area contributed by atoms with Crippen molar-refractivity contribution in [2.75, 3.05) is 20.1 Å². The lowest BCUT2D eigenvalue weighted by atomic mass is 9.94. The van der Waals surface area contributed by atoms with Crippen molar-refractivity contribution in [1.82, 2.24) is 10.1 Å². The van der Waals surface area contributed by atoms with E-state index in [0.717, 1.165) is 25.9 Å². The first-order valence-electron chi connectivity index (χ1n) is 4.14. The van der Waals surface area contributed by atoms with E-state index in [1.54, 1.807) is 7.05 Å². The normalized spacial score (nSPS) is 21.5. The zero-order valence-electron chi connectivity index (χ0n) is 7.26. The second kappa shape index (κ2) is 3.76. The molecule has 0 aliphatic carbocycles. The fourth-order valence-electron chi connectivity index (χ4n) is 1.47. The van der Waals surface area contributed by atoms with E-state index in [-0.39, 0.29) is 11.8 Å². The number of piperidine rings is 1. The van der Waals surface area contributed by atoms with Crippen LogP contribution in [0.4, 0.5) is 0 Å². The van der Waals surface area contributed by atoms with E-state index in [2.05, 4.69) is 18.1 Å². The molecule has 4 heteroatoms. The molecule has 11 heavy (non-hydrogen) atoms. The van der Waals surface area contributed by atoms with Crippen LogP contribution in [0.1, 0.15) is 12.8 Å². The van der Waals surface area contributed by atoms with Crippen molar-refractivity contribution in [3.05, 3.63) is 0 Å². The highest BCUT2D eigenvalue weighted by molar-refractivity contribution is 6.04. The van der Waals surface area contributed by atoms with Gasteiger partial charge in [-0.1, -0.05) is 0 Å². The van der Waals surface area contributed by atoms with Crippen LogP contribution in [-0.2, 0) is 4.79 Å². The van der Waals surface area contributed by atoms with Crippen molar-refractivity contribution in [3.8, 4) is 0 Å². The molecule has 1 N–H and O–H groups in total. The molecule has 1 fully saturated rings. The van der Waals surface area contributed by atoms with Crippen LogP contribution in [0.5, 0.6) is 0 Å². The zero-order valence-corrected chi connectivity index (χ0v) is 7.26. The van der Waals surface area contributed by atoms with Crippen LogP contribution in [0, 0.1) is 5.92 Å². The van der Waals surface area contributed by atoms with Gasteiger partial charge < -0.3 is 10.1 Å².